The average molecular weight is 286 g/mol. The van der Waals surface area contributed by atoms with Crippen molar-refractivity contribution in [2.24, 2.45) is 5.73 Å². The SMILES string of the molecule is Cc1[nH]c(=O)nc(SCC(=O)NC(N)=O)c1C(=O)O. The van der Waals surface area contributed by atoms with Crippen LogP contribution in [0.5, 0.6) is 0 Å². The summed E-state index contributed by atoms with van der Waals surface area (Å²) in [7, 11) is 0. The quantitative estimate of drug-likeness (QED) is 0.411. The second kappa shape index (κ2) is 6.00. The Morgan fingerprint density at radius 3 is 2.63 bits per heavy atom. The zero-order chi connectivity index (χ0) is 14.6. The number of imide groups is 1. The van der Waals surface area contributed by atoms with Gasteiger partial charge in [-0.25, -0.2) is 14.4 Å². The molecular formula is C9H10N4O5S. The van der Waals surface area contributed by atoms with Crippen molar-refractivity contribution in [1.29, 1.82) is 0 Å². The molecule has 102 valence electrons. The van der Waals surface area contributed by atoms with Crippen LogP contribution in [0.4, 0.5) is 4.79 Å². The number of rotatable bonds is 4. The normalized spacial score (nSPS) is 9.95. The molecule has 19 heavy (non-hydrogen) atoms. The Morgan fingerprint density at radius 1 is 1.47 bits per heavy atom. The van der Waals surface area contributed by atoms with E-state index < -0.39 is 23.6 Å². The molecule has 0 aliphatic carbocycles. The number of amides is 3. The Morgan fingerprint density at radius 2 is 2.11 bits per heavy atom. The third kappa shape index (κ3) is 4.10. The fourth-order valence-electron chi connectivity index (χ4n) is 1.22. The summed E-state index contributed by atoms with van der Waals surface area (Å²) in [6.45, 7) is 1.40. The molecule has 0 aromatic carbocycles. The van der Waals surface area contributed by atoms with Crippen molar-refractivity contribution >= 4 is 29.7 Å². The first-order valence-corrected chi connectivity index (χ1v) is 5.86. The van der Waals surface area contributed by atoms with Crippen LogP contribution in [0, 0.1) is 6.92 Å². The molecule has 0 aliphatic heterocycles. The van der Waals surface area contributed by atoms with Gasteiger partial charge < -0.3 is 15.8 Å². The molecule has 0 fully saturated rings. The van der Waals surface area contributed by atoms with E-state index in [4.69, 9.17) is 10.8 Å². The Kier molecular flexibility index (Phi) is 4.64. The summed E-state index contributed by atoms with van der Waals surface area (Å²) >= 11 is 0.722. The minimum Gasteiger partial charge on any atom is -0.478 e. The van der Waals surface area contributed by atoms with Crippen LogP contribution < -0.4 is 16.7 Å². The zero-order valence-corrected chi connectivity index (χ0v) is 10.5. The molecule has 1 heterocycles. The summed E-state index contributed by atoms with van der Waals surface area (Å²) in [5, 5.41) is 10.7. The van der Waals surface area contributed by atoms with Crippen molar-refractivity contribution < 1.29 is 19.5 Å². The zero-order valence-electron chi connectivity index (χ0n) is 9.72. The van der Waals surface area contributed by atoms with E-state index in [1.54, 1.807) is 0 Å². The van der Waals surface area contributed by atoms with E-state index in [9.17, 15) is 19.2 Å². The van der Waals surface area contributed by atoms with Gasteiger partial charge in [0.2, 0.25) is 5.91 Å². The van der Waals surface area contributed by atoms with Gasteiger partial charge in [-0.2, -0.15) is 4.98 Å². The number of carbonyl (C=O) groups is 3. The highest BCUT2D eigenvalue weighted by molar-refractivity contribution is 8.00. The number of thioether (sulfide) groups is 1. The van der Waals surface area contributed by atoms with Gasteiger partial charge in [0, 0.05) is 5.69 Å². The number of nitrogens with two attached hydrogens (primary N) is 1. The van der Waals surface area contributed by atoms with Gasteiger partial charge in [0.1, 0.15) is 10.6 Å². The molecule has 0 saturated heterocycles. The van der Waals surface area contributed by atoms with Gasteiger partial charge in [-0.3, -0.25) is 10.1 Å². The molecule has 5 N–H and O–H groups in total. The number of urea groups is 1. The lowest BCUT2D eigenvalue weighted by Crippen LogP contribution is -2.36. The highest BCUT2D eigenvalue weighted by Crippen LogP contribution is 2.20. The van der Waals surface area contributed by atoms with Crippen molar-refractivity contribution in [3.63, 3.8) is 0 Å². The number of aromatic carboxylic acids is 1. The number of nitrogens with one attached hydrogen (secondary N) is 2. The van der Waals surface area contributed by atoms with Crippen molar-refractivity contribution in [3.8, 4) is 0 Å². The van der Waals surface area contributed by atoms with Gasteiger partial charge >= 0.3 is 17.7 Å². The van der Waals surface area contributed by atoms with Gasteiger partial charge in [-0.1, -0.05) is 11.8 Å². The molecule has 1 aromatic heterocycles. The Balaban J connectivity index is 2.94. The minimum absolute atomic E-state index is 0.103. The van der Waals surface area contributed by atoms with E-state index in [2.05, 4.69) is 9.97 Å². The number of carboxylic acids is 1. The van der Waals surface area contributed by atoms with Crippen LogP contribution >= 0.6 is 11.8 Å². The van der Waals surface area contributed by atoms with Crippen molar-refractivity contribution in [1.82, 2.24) is 15.3 Å². The molecule has 1 aromatic rings. The molecule has 1 rings (SSSR count). The van der Waals surface area contributed by atoms with E-state index >= 15 is 0 Å². The molecule has 0 spiro atoms. The summed E-state index contributed by atoms with van der Waals surface area (Å²) in [4.78, 5) is 49.5. The largest absolute Gasteiger partial charge is 0.478 e. The van der Waals surface area contributed by atoms with Crippen LogP contribution in [-0.2, 0) is 4.79 Å². The standard InChI is InChI=1S/C9H10N4O5S/c1-3-5(7(15)16)6(13-9(18)11-3)19-2-4(14)12-8(10)17/h2H2,1H3,(H,15,16)(H,11,13,18)(H3,10,12,14,17). The van der Waals surface area contributed by atoms with Crippen molar-refractivity contribution in [3.05, 3.63) is 21.7 Å². The number of carbonyl (C=O) groups excluding carboxylic acids is 2. The van der Waals surface area contributed by atoms with E-state index in [1.807, 2.05) is 5.32 Å². The first-order valence-electron chi connectivity index (χ1n) is 4.87. The first kappa shape index (κ1) is 14.7. The van der Waals surface area contributed by atoms with Crippen LogP contribution in [0.2, 0.25) is 0 Å². The van der Waals surface area contributed by atoms with Crippen LogP contribution in [0.25, 0.3) is 0 Å². The molecule has 0 radical (unpaired) electrons. The van der Waals surface area contributed by atoms with Gasteiger partial charge in [-0.15, -0.1) is 0 Å². The van der Waals surface area contributed by atoms with Crippen LogP contribution in [-0.4, -0.2) is 38.7 Å². The summed E-state index contributed by atoms with van der Waals surface area (Å²) in [5.74, 6) is -2.29. The molecule has 10 heteroatoms. The predicted octanol–water partition coefficient (Wildman–Crippen LogP) is -0.936. The minimum atomic E-state index is -1.28. The third-order valence-electron chi connectivity index (χ3n) is 1.90. The monoisotopic (exact) mass is 286 g/mol. The van der Waals surface area contributed by atoms with Crippen molar-refractivity contribution in [2.45, 2.75) is 11.9 Å². The smallest absolute Gasteiger partial charge is 0.346 e. The summed E-state index contributed by atoms with van der Waals surface area (Å²) in [6.07, 6.45) is 0. The lowest BCUT2D eigenvalue weighted by atomic mass is 10.2. The fourth-order valence-corrected chi connectivity index (χ4v) is 2.10. The summed E-state index contributed by atoms with van der Waals surface area (Å²) < 4.78 is 0. The Hall–Kier alpha value is -2.36. The number of aromatic amines is 1. The van der Waals surface area contributed by atoms with Gasteiger partial charge in [0.05, 0.1) is 5.75 Å². The molecule has 0 unspecified atom stereocenters. The number of nitrogens with zero attached hydrogens (tertiary/aromatic N) is 1. The van der Waals surface area contributed by atoms with E-state index in [0.717, 1.165) is 11.8 Å². The van der Waals surface area contributed by atoms with Gasteiger partial charge in [0.25, 0.3) is 0 Å². The number of H-pyrrole nitrogens is 1. The highest BCUT2D eigenvalue weighted by atomic mass is 32.2. The van der Waals surface area contributed by atoms with E-state index in [0.29, 0.717) is 0 Å². The van der Waals surface area contributed by atoms with Gasteiger partial charge in [0.15, 0.2) is 0 Å². The topological polar surface area (TPSA) is 155 Å². The number of aromatic nitrogens is 2. The second-order valence-corrected chi connectivity index (χ2v) is 4.32. The first-order chi connectivity index (χ1) is 8.81. The van der Waals surface area contributed by atoms with E-state index in [1.165, 1.54) is 6.92 Å². The summed E-state index contributed by atoms with van der Waals surface area (Å²) in [6, 6.07) is -1.01. The maximum Gasteiger partial charge on any atom is 0.346 e. The highest BCUT2D eigenvalue weighted by Gasteiger charge is 2.18. The van der Waals surface area contributed by atoms with Gasteiger partial charge in [-0.05, 0) is 6.92 Å². The van der Waals surface area contributed by atoms with Crippen LogP contribution in [0.3, 0.4) is 0 Å². The van der Waals surface area contributed by atoms with E-state index in [-0.39, 0.29) is 22.0 Å². The number of hydrogen-bond acceptors (Lipinski definition) is 6. The average Bonchev–Trinajstić information content (AvgIpc) is 2.23. The Bertz CT molecular complexity index is 597. The maximum absolute atomic E-state index is 11.2. The van der Waals surface area contributed by atoms with Crippen molar-refractivity contribution in [2.75, 3.05) is 5.75 Å². The van der Waals surface area contributed by atoms with Crippen LogP contribution in [0.1, 0.15) is 16.1 Å². The summed E-state index contributed by atoms with van der Waals surface area (Å²) in [5.41, 5.74) is 3.95. The lowest BCUT2D eigenvalue weighted by Gasteiger charge is -2.06. The van der Waals surface area contributed by atoms with Crippen LogP contribution in [0.15, 0.2) is 9.82 Å². The number of aryl methyl sites for hydroxylation is 1. The number of carboxylic acid groups (broad SMARTS) is 1. The molecule has 0 bridgehead atoms. The molecule has 3 amide bonds. The lowest BCUT2D eigenvalue weighted by molar-refractivity contribution is -0.117. The molecule has 9 nitrogen and oxygen atoms in total. The molecular weight excluding hydrogens is 276 g/mol. The molecule has 0 atom stereocenters. The molecule has 0 saturated carbocycles. The second-order valence-electron chi connectivity index (χ2n) is 3.35. The predicted molar refractivity (Wildman–Crippen MR) is 65.0 cm³/mol. The third-order valence-corrected chi connectivity index (χ3v) is 2.88. The number of primary amides is 1. The molecule has 0 aliphatic rings. The fraction of sp³-hybridized carbons (Fsp3) is 0.222. The number of hydrogen-bond donors (Lipinski definition) is 4. The maximum atomic E-state index is 11.2. The Labute approximate surface area is 110 Å².